The van der Waals surface area contributed by atoms with Crippen molar-refractivity contribution >= 4 is 11.4 Å². The van der Waals surface area contributed by atoms with Crippen LogP contribution in [-0.2, 0) is 17.8 Å². The molecular formula is C14H20F3NOS. The minimum Gasteiger partial charge on any atom is -0.598 e. The molecule has 0 saturated heterocycles. The zero-order valence-electron chi connectivity index (χ0n) is 12.0. The molecule has 2 nitrogen and oxygen atoms in total. The average Bonchev–Trinajstić information content (AvgIpc) is 2.26. The van der Waals surface area contributed by atoms with Gasteiger partial charge in [0.05, 0.1) is 12.5 Å². The molecule has 0 fully saturated rings. The van der Waals surface area contributed by atoms with Gasteiger partial charge in [0.1, 0.15) is 4.75 Å². The summed E-state index contributed by atoms with van der Waals surface area (Å²) < 4.78 is 51.3. The third-order valence-corrected chi connectivity index (χ3v) is 4.40. The fourth-order valence-electron chi connectivity index (χ4n) is 1.56. The van der Waals surface area contributed by atoms with Gasteiger partial charge in [-0.3, -0.25) is 0 Å². The summed E-state index contributed by atoms with van der Waals surface area (Å²) >= 11 is -1.22. The van der Waals surface area contributed by atoms with Gasteiger partial charge in [0.2, 0.25) is 0 Å². The Hall–Kier alpha value is -0.720. The molecule has 0 amide bonds. The van der Waals surface area contributed by atoms with Gasteiger partial charge in [0.15, 0.2) is 0 Å². The van der Waals surface area contributed by atoms with Crippen molar-refractivity contribution in [3.8, 4) is 0 Å². The molecule has 0 saturated carbocycles. The Balaban J connectivity index is 2.69. The number of nitrogens with one attached hydrogen (secondary N) is 1. The Morgan fingerprint density at radius 3 is 2.05 bits per heavy atom. The van der Waals surface area contributed by atoms with E-state index in [9.17, 15) is 17.7 Å². The molecule has 1 unspecified atom stereocenters. The fraction of sp³-hybridized carbons (Fsp3) is 0.571. The fourth-order valence-corrected chi connectivity index (χ4v) is 2.37. The molecule has 114 valence electrons. The molecule has 0 bridgehead atoms. The van der Waals surface area contributed by atoms with Crippen LogP contribution in [-0.4, -0.2) is 15.5 Å². The number of rotatable bonds is 4. The van der Waals surface area contributed by atoms with Gasteiger partial charge in [-0.1, -0.05) is 24.3 Å². The van der Waals surface area contributed by atoms with Crippen molar-refractivity contribution < 1.29 is 17.7 Å². The lowest BCUT2D eigenvalue weighted by Crippen LogP contribution is -2.40. The van der Waals surface area contributed by atoms with Gasteiger partial charge in [-0.05, 0) is 38.8 Å². The summed E-state index contributed by atoms with van der Waals surface area (Å²) in [5.41, 5.74) is 1.04. The van der Waals surface area contributed by atoms with Gasteiger partial charge in [-0.25, -0.2) is 0 Å². The van der Waals surface area contributed by atoms with E-state index >= 15 is 0 Å². The number of alkyl halides is 3. The summed E-state index contributed by atoms with van der Waals surface area (Å²) in [6, 6.07) is 6.01. The first kappa shape index (κ1) is 17.3. The first-order chi connectivity index (χ1) is 8.99. The summed E-state index contributed by atoms with van der Waals surface area (Å²) in [5.74, 6) is 0. The molecule has 0 aromatic heterocycles. The van der Waals surface area contributed by atoms with E-state index < -0.39 is 24.0 Å². The molecule has 1 aromatic rings. The third kappa shape index (κ3) is 5.73. The van der Waals surface area contributed by atoms with Crippen molar-refractivity contribution in [2.24, 2.45) is 0 Å². The second-order valence-electron chi connectivity index (χ2n) is 5.75. The first-order valence-corrected chi connectivity index (χ1v) is 7.47. The Morgan fingerprint density at radius 2 is 1.65 bits per heavy atom. The largest absolute Gasteiger partial charge is 0.598 e. The van der Waals surface area contributed by atoms with E-state index in [1.54, 1.807) is 12.1 Å². The molecule has 0 aliphatic carbocycles. The van der Waals surface area contributed by atoms with Crippen molar-refractivity contribution in [1.29, 1.82) is 0 Å². The monoisotopic (exact) mass is 307 g/mol. The highest BCUT2D eigenvalue weighted by atomic mass is 32.2. The lowest BCUT2D eigenvalue weighted by molar-refractivity contribution is -0.127. The maximum Gasteiger partial charge on any atom is 0.393 e. The van der Waals surface area contributed by atoms with Crippen LogP contribution in [0.15, 0.2) is 24.3 Å². The second kappa shape index (κ2) is 6.37. The Labute approximate surface area is 121 Å². The van der Waals surface area contributed by atoms with E-state index in [-0.39, 0.29) is 16.4 Å². The topological polar surface area (TPSA) is 35.1 Å². The highest BCUT2D eigenvalue weighted by Gasteiger charge is 2.29. The smallest absolute Gasteiger partial charge is 0.393 e. The molecule has 6 heteroatoms. The zero-order chi connectivity index (χ0) is 15.6. The van der Waals surface area contributed by atoms with Gasteiger partial charge in [-0.2, -0.15) is 13.2 Å². The molecular weight excluding hydrogens is 287 g/mol. The van der Waals surface area contributed by atoms with E-state index in [2.05, 4.69) is 4.72 Å². The van der Waals surface area contributed by atoms with Crippen LogP contribution in [0.1, 0.15) is 44.9 Å². The molecule has 0 heterocycles. The lowest BCUT2D eigenvalue weighted by atomic mass is 10.1. The van der Waals surface area contributed by atoms with Crippen LogP contribution in [0.25, 0.3) is 0 Å². The van der Waals surface area contributed by atoms with Crippen LogP contribution in [0.4, 0.5) is 13.2 Å². The van der Waals surface area contributed by atoms with Gasteiger partial charge in [0.25, 0.3) is 0 Å². The van der Waals surface area contributed by atoms with Crippen molar-refractivity contribution in [2.45, 2.75) is 51.1 Å². The van der Waals surface area contributed by atoms with E-state index in [1.807, 2.05) is 27.7 Å². The Bertz CT molecular complexity index is 426. The molecule has 0 radical (unpaired) electrons. The molecule has 0 aliphatic heterocycles. The van der Waals surface area contributed by atoms with Crippen molar-refractivity contribution in [1.82, 2.24) is 4.72 Å². The second-order valence-corrected chi connectivity index (χ2v) is 7.75. The highest BCUT2D eigenvalue weighted by molar-refractivity contribution is 7.90. The van der Waals surface area contributed by atoms with E-state index in [1.165, 1.54) is 12.1 Å². The van der Waals surface area contributed by atoms with E-state index in [0.717, 1.165) is 5.56 Å². The molecule has 0 aliphatic rings. The van der Waals surface area contributed by atoms with Gasteiger partial charge >= 0.3 is 6.18 Å². The van der Waals surface area contributed by atoms with E-state index in [4.69, 9.17) is 0 Å². The Morgan fingerprint density at radius 1 is 1.15 bits per heavy atom. The van der Waals surface area contributed by atoms with Crippen LogP contribution in [0, 0.1) is 0 Å². The Kier molecular flexibility index (Phi) is 5.52. The first-order valence-electron chi connectivity index (χ1n) is 6.33. The summed E-state index contributed by atoms with van der Waals surface area (Å²) in [7, 11) is 0. The van der Waals surface area contributed by atoms with Crippen LogP contribution < -0.4 is 4.72 Å². The predicted octanol–water partition coefficient (Wildman–Crippen LogP) is 3.90. The predicted molar refractivity (Wildman–Crippen MR) is 75.6 cm³/mol. The quantitative estimate of drug-likeness (QED) is 0.856. The van der Waals surface area contributed by atoms with Crippen LogP contribution in [0.5, 0.6) is 0 Å². The van der Waals surface area contributed by atoms with Gasteiger partial charge in [0, 0.05) is 11.4 Å². The summed E-state index contributed by atoms with van der Waals surface area (Å²) in [6.45, 7) is 7.40. The summed E-state index contributed by atoms with van der Waals surface area (Å²) in [6.07, 6.45) is -5.12. The average molecular weight is 307 g/mol. The number of benzene rings is 1. The number of halogens is 3. The van der Waals surface area contributed by atoms with Gasteiger partial charge < -0.3 is 4.55 Å². The maximum atomic E-state index is 12.3. The van der Waals surface area contributed by atoms with Crippen molar-refractivity contribution in [2.75, 3.05) is 0 Å². The SMILES string of the molecule is C[C@H](N[S+]([O-])C(C)(C)C)c1ccc(CC(F)(F)F)cc1. The summed E-state index contributed by atoms with van der Waals surface area (Å²) in [4.78, 5) is 0. The molecule has 0 spiro atoms. The number of hydrogen-bond donors (Lipinski definition) is 1. The van der Waals surface area contributed by atoms with Crippen molar-refractivity contribution in [3.63, 3.8) is 0 Å². The van der Waals surface area contributed by atoms with E-state index in [0.29, 0.717) is 0 Å². The minimum absolute atomic E-state index is 0.185. The van der Waals surface area contributed by atoms with Crippen LogP contribution in [0.3, 0.4) is 0 Å². The highest BCUT2D eigenvalue weighted by Crippen LogP contribution is 2.23. The van der Waals surface area contributed by atoms with Crippen LogP contribution in [0.2, 0.25) is 0 Å². The molecule has 20 heavy (non-hydrogen) atoms. The summed E-state index contributed by atoms with van der Waals surface area (Å²) in [5, 5.41) is 0. The standard InChI is InChI=1S/C14H20F3NOS/c1-10(18-20(19)13(2,3)4)12-7-5-11(6-8-12)9-14(15,16)17/h5-8,10,18H,9H2,1-4H3/t10-,20?/m0/s1. The van der Waals surface area contributed by atoms with Gasteiger partial charge in [-0.15, -0.1) is 4.72 Å². The molecule has 1 N–H and O–H groups in total. The third-order valence-electron chi connectivity index (χ3n) is 2.72. The molecule has 2 atom stereocenters. The minimum atomic E-state index is -4.20. The van der Waals surface area contributed by atoms with Crippen LogP contribution >= 0.6 is 0 Å². The molecule has 1 aromatic carbocycles. The number of hydrogen-bond acceptors (Lipinski definition) is 2. The van der Waals surface area contributed by atoms with Crippen molar-refractivity contribution in [3.05, 3.63) is 35.4 Å². The maximum absolute atomic E-state index is 12.3. The normalized spacial score (nSPS) is 16.0. The molecule has 1 rings (SSSR count). The lowest BCUT2D eigenvalue weighted by Gasteiger charge is -2.26. The zero-order valence-corrected chi connectivity index (χ0v) is 12.9.